The summed E-state index contributed by atoms with van der Waals surface area (Å²) < 4.78 is 11.4. The van der Waals surface area contributed by atoms with Crippen molar-refractivity contribution in [2.24, 2.45) is 0 Å². The van der Waals surface area contributed by atoms with E-state index < -0.39 is 0 Å². The van der Waals surface area contributed by atoms with E-state index in [4.69, 9.17) is 9.47 Å². The number of aromatic nitrogens is 1. The standard InChI is InChI=1S/C15H18N2O2S2/c1-2-16-15-17-9-12(21-15)10-20-11-4-5-13-14(8-11)19-7-3-6-18-13/h4-5,8-9H,2-3,6-7,10H2,1H3,(H,16,17). The molecule has 0 atom stereocenters. The van der Waals surface area contributed by atoms with Crippen LogP contribution in [0.1, 0.15) is 18.2 Å². The summed E-state index contributed by atoms with van der Waals surface area (Å²) in [6.45, 7) is 4.44. The van der Waals surface area contributed by atoms with E-state index in [0.29, 0.717) is 0 Å². The smallest absolute Gasteiger partial charge is 0.182 e. The number of nitrogens with one attached hydrogen (secondary N) is 1. The van der Waals surface area contributed by atoms with E-state index in [2.05, 4.69) is 29.4 Å². The van der Waals surface area contributed by atoms with Crippen molar-refractivity contribution in [2.45, 2.75) is 24.0 Å². The number of nitrogens with zero attached hydrogens (tertiary/aromatic N) is 1. The number of rotatable bonds is 5. The average molecular weight is 322 g/mol. The van der Waals surface area contributed by atoms with E-state index in [-0.39, 0.29) is 0 Å². The molecule has 0 fully saturated rings. The number of benzene rings is 1. The number of fused-ring (bicyclic) bond motifs is 1. The van der Waals surface area contributed by atoms with E-state index in [0.717, 1.165) is 48.6 Å². The molecule has 0 saturated carbocycles. The normalized spacial score (nSPS) is 13.8. The van der Waals surface area contributed by atoms with Crippen LogP contribution in [0, 0.1) is 0 Å². The molecule has 21 heavy (non-hydrogen) atoms. The van der Waals surface area contributed by atoms with E-state index >= 15 is 0 Å². The number of thioether (sulfide) groups is 1. The molecule has 1 aliphatic heterocycles. The van der Waals surface area contributed by atoms with Crippen LogP contribution < -0.4 is 14.8 Å². The second-order valence-corrected chi connectivity index (χ2v) is 6.77. The molecule has 112 valence electrons. The van der Waals surface area contributed by atoms with Gasteiger partial charge in [-0.25, -0.2) is 4.98 Å². The van der Waals surface area contributed by atoms with Crippen molar-refractivity contribution in [2.75, 3.05) is 25.1 Å². The first-order valence-corrected chi connectivity index (χ1v) is 8.86. The van der Waals surface area contributed by atoms with Gasteiger partial charge in [-0.05, 0) is 25.1 Å². The van der Waals surface area contributed by atoms with Crippen molar-refractivity contribution >= 4 is 28.2 Å². The van der Waals surface area contributed by atoms with E-state index in [9.17, 15) is 0 Å². The third kappa shape index (κ3) is 3.83. The van der Waals surface area contributed by atoms with Crippen LogP contribution >= 0.6 is 23.1 Å². The number of ether oxygens (including phenoxy) is 2. The molecule has 2 aromatic rings. The molecule has 1 aromatic heterocycles. The fourth-order valence-electron chi connectivity index (χ4n) is 2.00. The average Bonchev–Trinajstić information content (AvgIpc) is 2.81. The zero-order valence-electron chi connectivity index (χ0n) is 11.9. The quantitative estimate of drug-likeness (QED) is 0.842. The maximum atomic E-state index is 5.72. The molecule has 0 bridgehead atoms. The lowest BCUT2D eigenvalue weighted by molar-refractivity contribution is 0.297. The molecular formula is C15H18N2O2S2. The lowest BCUT2D eigenvalue weighted by atomic mass is 10.3. The Bertz CT molecular complexity index is 601. The zero-order chi connectivity index (χ0) is 14.5. The van der Waals surface area contributed by atoms with Gasteiger partial charge in [-0.1, -0.05) is 0 Å². The van der Waals surface area contributed by atoms with Gasteiger partial charge in [-0.3, -0.25) is 0 Å². The predicted molar refractivity (Wildman–Crippen MR) is 87.9 cm³/mol. The first-order valence-electron chi connectivity index (χ1n) is 7.06. The van der Waals surface area contributed by atoms with Crippen molar-refractivity contribution in [3.63, 3.8) is 0 Å². The number of thiazole rings is 1. The maximum Gasteiger partial charge on any atom is 0.182 e. The number of hydrogen-bond donors (Lipinski definition) is 1. The molecular weight excluding hydrogens is 304 g/mol. The van der Waals surface area contributed by atoms with Gasteiger partial charge in [-0.15, -0.1) is 23.1 Å². The number of hydrogen-bond acceptors (Lipinski definition) is 6. The topological polar surface area (TPSA) is 43.4 Å². The molecule has 0 aliphatic carbocycles. The Morgan fingerprint density at radius 3 is 3.00 bits per heavy atom. The van der Waals surface area contributed by atoms with Crippen molar-refractivity contribution < 1.29 is 9.47 Å². The molecule has 1 aliphatic rings. The van der Waals surface area contributed by atoms with Crippen molar-refractivity contribution in [1.82, 2.24) is 4.98 Å². The molecule has 0 amide bonds. The van der Waals surface area contributed by atoms with E-state index in [1.807, 2.05) is 12.3 Å². The van der Waals surface area contributed by atoms with Gasteiger partial charge in [0.05, 0.1) is 13.2 Å². The summed E-state index contributed by atoms with van der Waals surface area (Å²) in [5.74, 6) is 2.63. The fourth-order valence-corrected chi connectivity index (χ4v) is 3.82. The van der Waals surface area contributed by atoms with Crippen LogP contribution in [0.15, 0.2) is 29.3 Å². The van der Waals surface area contributed by atoms with Crippen LogP contribution in [-0.4, -0.2) is 24.7 Å². The molecule has 0 unspecified atom stereocenters. The van der Waals surface area contributed by atoms with Crippen LogP contribution in [0.25, 0.3) is 0 Å². The van der Waals surface area contributed by atoms with Gasteiger partial charge in [0.1, 0.15) is 0 Å². The zero-order valence-corrected chi connectivity index (χ0v) is 13.6. The molecule has 6 heteroatoms. The highest BCUT2D eigenvalue weighted by molar-refractivity contribution is 7.98. The second-order valence-electron chi connectivity index (χ2n) is 4.61. The molecule has 2 heterocycles. The maximum absolute atomic E-state index is 5.72. The SMILES string of the molecule is CCNc1ncc(CSc2ccc3c(c2)OCCCO3)s1. The summed E-state index contributed by atoms with van der Waals surface area (Å²) in [5.41, 5.74) is 0. The Morgan fingerprint density at radius 2 is 2.14 bits per heavy atom. The molecule has 1 aromatic carbocycles. The first-order chi connectivity index (χ1) is 10.3. The largest absolute Gasteiger partial charge is 0.490 e. The molecule has 0 saturated heterocycles. The summed E-state index contributed by atoms with van der Waals surface area (Å²) in [4.78, 5) is 6.81. The molecule has 1 N–H and O–H groups in total. The van der Waals surface area contributed by atoms with Gasteiger partial charge >= 0.3 is 0 Å². The third-order valence-corrected chi connectivity index (χ3v) is 5.16. The first kappa shape index (κ1) is 14.5. The van der Waals surface area contributed by atoms with Crippen molar-refractivity contribution in [3.8, 4) is 11.5 Å². The lowest BCUT2D eigenvalue weighted by Crippen LogP contribution is -1.97. The minimum absolute atomic E-state index is 0.724. The molecule has 4 nitrogen and oxygen atoms in total. The molecule has 0 spiro atoms. The summed E-state index contributed by atoms with van der Waals surface area (Å²) >= 11 is 3.50. The summed E-state index contributed by atoms with van der Waals surface area (Å²) in [5, 5.41) is 4.23. The van der Waals surface area contributed by atoms with Gasteiger partial charge in [0.25, 0.3) is 0 Å². The van der Waals surface area contributed by atoms with Crippen LogP contribution in [0.3, 0.4) is 0 Å². The van der Waals surface area contributed by atoms with Gasteiger partial charge in [0.2, 0.25) is 0 Å². The summed E-state index contributed by atoms with van der Waals surface area (Å²) in [6, 6.07) is 6.15. The van der Waals surface area contributed by atoms with Gasteiger partial charge < -0.3 is 14.8 Å². The van der Waals surface area contributed by atoms with Crippen molar-refractivity contribution in [1.29, 1.82) is 0 Å². The highest BCUT2D eigenvalue weighted by atomic mass is 32.2. The Balaban J connectivity index is 1.63. The van der Waals surface area contributed by atoms with Gasteiger partial charge in [0, 0.05) is 34.7 Å². The Labute approximate surface area is 132 Å². The Kier molecular flexibility index (Phi) is 4.87. The van der Waals surface area contributed by atoms with Crippen LogP contribution in [0.2, 0.25) is 0 Å². The van der Waals surface area contributed by atoms with Crippen LogP contribution in [0.4, 0.5) is 5.13 Å². The van der Waals surface area contributed by atoms with Crippen LogP contribution in [0.5, 0.6) is 11.5 Å². The third-order valence-electron chi connectivity index (χ3n) is 2.98. The monoisotopic (exact) mass is 322 g/mol. The Morgan fingerprint density at radius 1 is 1.29 bits per heavy atom. The minimum Gasteiger partial charge on any atom is -0.490 e. The van der Waals surface area contributed by atoms with Crippen molar-refractivity contribution in [3.05, 3.63) is 29.3 Å². The highest BCUT2D eigenvalue weighted by Crippen LogP contribution is 2.35. The molecule has 3 rings (SSSR count). The predicted octanol–water partition coefficient (Wildman–Crippen LogP) is 4.03. The number of anilines is 1. The van der Waals surface area contributed by atoms with Gasteiger partial charge in [0.15, 0.2) is 16.6 Å². The fraction of sp³-hybridized carbons (Fsp3) is 0.400. The highest BCUT2D eigenvalue weighted by Gasteiger charge is 2.11. The van der Waals surface area contributed by atoms with Gasteiger partial charge in [-0.2, -0.15) is 0 Å². The second kappa shape index (κ2) is 7.04. The van der Waals surface area contributed by atoms with E-state index in [1.54, 1.807) is 23.1 Å². The lowest BCUT2D eigenvalue weighted by Gasteiger charge is -2.08. The molecule has 0 radical (unpaired) electrons. The van der Waals surface area contributed by atoms with E-state index in [1.165, 1.54) is 9.77 Å². The Hall–Kier alpha value is -1.40. The summed E-state index contributed by atoms with van der Waals surface area (Å²) in [7, 11) is 0. The summed E-state index contributed by atoms with van der Waals surface area (Å²) in [6.07, 6.45) is 2.88. The van der Waals surface area contributed by atoms with Crippen LogP contribution in [-0.2, 0) is 5.75 Å². The minimum atomic E-state index is 0.724.